The lowest BCUT2D eigenvalue weighted by molar-refractivity contribution is -0.132. The van der Waals surface area contributed by atoms with Crippen molar-refractivity contribution < 1.29 is 18.3 Å². The average Bonchev–Trinajstić information content (AvgIpc) is 3.26. The molecule has 0 spiro atoms. The smallest absolute Gasteiger partial charge is 0.260 e. The van der Waals surface area contributed by atoms with Crippen molar-refractivity contribution in [3.05, 3.63) is 36.2 Å². The molecule has 2 aromatic rings. The van der Waals surface area contributed by atoms with E-state index < -0.39 is 12.5 Å². The summed E-state index contributed by atoms with van der Waals surface area (Å²) < 4.78 is 33.7. The molecule has 1 N–H and O–H groups in total. The fourth-order valence-electron chi connectivity index (χ4n) is 4.58. The van der Waals surface area contributed by atoms with Crippen LogP contribution < -0.4 is 10.1 Å². The minimum Gasteiger partial charge on any atom is -0.494 e. The Bertz CT molecular complexity index is 865. The second-order valence-electron chi connectivity index (χ2n) is 8.21. The standard InChI is InChI=1S/C22H29F2N5O2/c1-2-31-17-6-3-15(4-7-17)5-8-20(30)28-11-9-16(10-12-28)18-13-19(21(23)24)29-22(27-18)25-14-26-29/h3-4,6-7,14,16,18-19,21H,2,5,8-13H2,1H3,(H,25,26,27)/t18-,19+/m0/s1. The predicted molar refractivity (Wildman–Crippen MR) is 112 cm³/mol. The highest BCUT2D eigenvalue weighted by atomic mass is 19.3. The van der Waals surface area contributed by atoms with Gasteiger partial charge in [0.15, 0.2) is 0 Å². The third-order valence-corrected chi connectivity index (χ3v) is 6.31. The quantitative estimate of drug-likeness (QED) is 0.723. The first kappa shape index (κ1) is 21.5. The van der Waals surface area contributed by atoms with Crippen molar-refractivity contribution in [3.63, 3.8) is 0 Å². The fourth-order valence-corrected chi connectivity index (χ4v) is 4.58. The van der Waals surface area contributed by atoms with Gasteiger partial charge in [0.1, 0.15) is 18.1 Å². The van der Waals surface area contributed by atoms with Crippen LogP contribution in [0.2, 0.25) is 0 Å². The maximum atomic E-state index is 13.5. The van der Waals surface area contributed by atoms with E-state index in [-0.39, 0.29) is 17.9 Å². The van der Waals surface area contributed by atoms with E-state index in [1.807, 2.05) is 36.1 Å². The number of halogens is 2. The van der Waals surface area contributed by atoms with Crippen LogP contribution in [0.1, 0.15) is 44.2 Å². The van der Waals surface area contributed by atoms with E-state index >= 15 is 0 Å². The van der Waals surface area contributed by atoms with Crippen LogP contribution in [0.15, 0.2) is 30.6 Å². The second kappa shape index (κ2) is 9.62. The molecule has 1 aromatic heterocycles. The molecule has 9 heteroatoms. The lowest BCUT2D eigenvalue weighted by Gasteiger charge is -2.40. The molecule has 2 aliphatic rings. The predicted octanol–water partition coefficient (Wildman–Crippen LogP) is 3.54. The van der Waals surface area contributed by atoms with Gasteiger partial charge in [-0.1, -0.05) is 12.1 Å². The summed E-state index contributed by atoms with van der Waals surface area (Å²) in [6.45, 7) is 3.91. The van der Waals surface area contributed by atoms with Gasteiger partial charge in [-0.05, 0) is 56.2 Å². The monoisotopic (exact) mass is 433 g/mol. The number of likely N-dealkylation sites (tertiary alicyclic amines) is 1. The van der Waals surface area contributed by atoms with Gasteiger partial charge < -0.3 is 15.0 Å². The molecular formula is C22H29F2N5O2. The van der Waals surface area contributed by atoms with Crippen LogP contribution in [-0.4, -0.2) is 57.7 Å². The number of ether oxygens (including phenoxy) is 1. The Morgan fingerprint density at radius 3 is 2.68 bits per heavy atom. The zero-order valence-corrected chi connectivity index (χ0v) is 17.7. The number of aryl methyl sites for hydroxylation is 1. The summed E-state index contributed by atoms with van der Waals surface area (Å²) in [6, 6.07) is 6.84. The Kier molecular flexibility index (Phi) is 6.67. The van der Waals surface area contributed by atoms with Crippen molar-refractivity contribution in [1.82, 2.24) is 19.7 Å². The fraction of sp³-hybridized carbons (Fsp3) is 0.591. The third-order valence-electron chi connectivity index (χ3n) is 6.31. The van der Waals surface area contributed by atoms with Crippen LogP contribution in [0.4, 0.5) is 14.7 Å². The number of carbonyl (C=O) groups excluding carboxylic acids is 1. The maximum absolute atomic E-state index is 13.5. The molecule has 7 nitrogen and oxygen atoms in total. The summed E-state index contributed by atoms with van der Waals surface area (Å²) in [5.74, 6) is 1.63. The van der Waals surface area contributed by atoms with Crippen molar-refractivity contribution in [2.24, 2.45) is 5.92 Å². The van der Waals surface area contributed by atoms with E-state index in [1.165, 1.54) is 11.0 Å². The van der Waals surface area contributed by atoms with Gasteiger partial charge in [-0.2, -0.15) is 10.1 Å². The van der Waals surface area contributed by atoms with Gasteiger partial charge in [0.05, 0.1) is 6.61 Å². The molecule has 1 amide bonds. The summed E-state index contributed by atoms with van der Waals surface area (Å²) in [5.41, 5.74) is 1.11. The van der Waals surface area contributed by atoms with Crippen molar-refractivity contribution in [1.29, 1.82) is 0 Å². The van der Waals surface area contributed by atoms with Crippen molar-refractivity contribution in [3.8, 4) is 5.75 Å². The Morgan fingerprint density at radius 1 is 1.26 bits per heavy atom. The SMILES string of the molecule is CCOc1ccc(CCC(=O)N2CCC([C@@H]3C[C@H](C(F)F)n4ncnc4N3)CC2)cc1. The summed E-state index contributed by atoms with van der Waals surface area (Å²) in [7, 11) is 0. The van der Waals surface area contributed by atoms with Crippen molar-refractivity contribution in [2.75, 3.05) is 25.0 Å². The highest BCUT2D eigenvalue weighted by Crippen LogP contribution is 2.35. The zero-order chi connectivity index (χ0) is 21.8. The number of fused-ring (bicyclic) bond motifs is 1. The van der Waals surface area contributed by atoms with E-state index in [1.54, 1.807) is 0 Å². The molecule has 2 aliphatic heterocycles. The van der Waals surface area contributed by atoms with Gasteiger partial charge >= 0.3 is 0 Å². The number of aromatic nitrogens is 3. The number of benzene rings is 1. The topological polar surface area (TPSA) is 72.3 Å². The molecule has 1 saturated heterocycles. The molecule has 168 valence electrons. The summed E-state index contributed by atoms with van der Waals surface area (Å²) in [4.78, 5) is 18.6. The minimum atomic E-state index is -2.48. The Balaban J connectivity index is 1.26. The molecule has 31 heavy (non-hydrogen) atoms. The van der Waals surface area contributed by atoms with Crippen LogP contribution in [-0.2, 0) is 11.2 Å². The summed E-state index contributed by atoms with van der Waals surface area (Å²) >= 11 is 0. The van der Waals surface area contributed by atoms with Gasteiger partial charge in [0.2, 0.25) is 11.9 Å². The highest BCUT2D eigenvalue weighted by molar-refractivity contribution is 5.76. The third kappa shape index (κ3) is 4.97. The molecule has 0 bridgehead atoms. The van der Waals surface area contributed by atoms with Gasteiger partial charge in [-0.3, -0.25) is 4.79 Å². The lowest BCUT2D eigenvalue weighted by Crippen LogP contribution is -2.46. The largest absolute Gasteiger partial charge is 0.494 e. The second-order valence-corrected chi connectivity index (χ2v) is 8.21. The summed E-state index contributed by atoms with van der Waals surface area (Å²) in [5, 5.41) is 7.21. The number of amides is 1. The molecule has 1 fully saturated rings. The normalized spacial score (nSPS) is 21.6. The van der Waals surface area contributed by atoms with Crippen LogP contribution in [0.3, 0.4) is 0 Å². The molecule has 0 unspecified atom stereocenters. The van der Waals surface area contributed by atoms with E-state index in [4.69, 9.17) is 4.74 Å². The van der Waals surface area contributed by atoms with E-state index in [9.17, 15) is 13.6 Å². The molecule has 0 radical (unpaired) electrons. The van der Waals surface area contributed by atoms with Gasteiger partial charge in [0, 0.05) is 25.6 Å². The molecule has 0 saturated carbocycles. The highest BCUT2D eigenvalue weighted by Gasteiger charge is 2.38. The Hall–Kier alpha value is -2.71. The number of anilines is 1. The first-order valence-electron chi connectivity index (χ1n) is 11.0. The number of carbonyl (C=O) groups is 1. The van der Waals surface area contributed by atoms with Crippen LogP contribution in [0.25, 0.3) is 0 Å². The van der Waals surface area contributed by atoms with Gasteiger partial charge in [0.25, 0.3) is 6.43 Å². The first-order valence-corrected chi connectivity index (χ1v) is 11.0. The van der Waals surface area contributed by atoms with Gasteiger partial charge in [-0.25, -0.2) is 13.5 Å². The Morgan fingerprint density at radius 2 is 2.00 bits per heavy atom. The molecule has 3 heterocycles. The van der Waals surface area contributed by atoms with E-state index in [0.29, 0.717) is 44.9 Å². The van der Waals surface area contributed by atoms with Crippen LogP contribution in [0, 0.1) is 5.92 Å². The number of hydrogen-bond donors (Lipinski definition) is 1. The maximum Gasteiger partial charge on any atom is 0.260 e. The van der Waals surface area contributed by atoms with Crippen molar-refractivity contribution >= 4 is 11.9 Å². The molecular weight excluding hydrogens is 404 g/mol. The van der Waals surface area contributed by atoms with Gasteiger partial charge in [-0.15, -0.1) is 0 Å². The number of nitrogens with one attached hydrogen (secondary N) is 1. The Labute approximate surface area is 180 Å². The molecule has 0 aliphatic carbocycles. The van der Waals surface area contributed by atoms with E-state index in [2.05, 4.69) is 15.4 Å². The molecule has 2 atom stereocenters. The van der Waals surface area contributed by atoms with E-state index in [0.717, 1.165) is 24.2 Å². The number of nitrogens with zero attached hydrogens (tertiary/aromatic N) is 4. The molecule has 1 aromatic carbocycles. The number of piperidine rings is 1. The number of alkyl halides is 2. The van der Waals surface area contributed by atoms with Crippen molar-refractivity contribution in [2.45, 2.75) is 57.5 Å². The molecule has 4 rings (SSSR count). The average molecular weight is 434 g/mol. The van der Waals surface area contributed by atoms with Crippen LogP contribution >= 0.6 is 0 Å². The minimum absolute atomic E-state index is 0.0724. The lowest BCUT2D eigenvalue weighted by atomic mass is 9.85. The number of rotatable bonds is 7. The first-order chi connectivity index (χ1) is 15.0. The number of hydrogen-bond acceptors (Lipinski definition) is 5. The van der Waals surface area contributed by atoms with Crippen LogP contribution in [0.5, 0.6) is 5.75 Å². The zero-order valence-electron chi connectivity index (χ0n) is 17.7. The summed E-state index contributed by atoms with van der Waals surface area (Å²) in [6.07, 6.45) is 1.93.